The van der Waals surface area contributed by atoms with Crippen molar-refractivity contribution in [2.45, 2.75) is 19.2 Å². The van der Waals surface area contributed by atoms with E-state index in [1.165, 1.54) is 6.92 Å². The van der Waals surface area contributed by atoms with Crippen LogP contribution in [-0.2, 0) is 9.53 Å². The fourth-order valence-electron chi connectivity index (χ4n) is 1.93. The Kier molecular flexibility index (Phi) is 4.29. The van der Waals surface area contributed by atoms with Crippen LogP contribution in [0.1, 0.15) is 30.3 Å². The molecule has 0 saturated heterocycles. The van der Waals surface area contributed by atoms with Gasteiger partial charge in [0.05, 0.1) is 0 Å². The van der Waals surface area contributed by atoms with Crippen molar-refractivity contribution in [3.63, 3.8) is 0 Å². The Morgan fingerprint density at radius 2 is 1.42 bits per heavy atom. The summed E-state index contributed by atoms with van der Waals surface area (Å²) in [5, 5.41) is 0. The number of rotatable bonds is 4. The molecule has 3 heteroatoms. The van der Waals surface area contributed by atoms with Crippen LogP contribution >= 0.6 is 0 Å². The summed E-state index contributed by atoms with van der Waals surface area (Å²) in [6.07, 6.45) is -2.30. The van der Waals surface area contributed by atoms with Crippen molar-refractivity contribution in [1.29, 1.82) is 0 Å². The zero-order valence-corrected chi connectivity index (χ0v) is 10.6. The molecule has 19 heavy (non-hydrogen) atoms. The molecule has 0 aliphatic carbocycles. The summed E-state index contributed by atoms with van der Waals surface area (Å²) in [4.78, 5) is 11.2. The summed E-state index contributed by atoms with van der Waals surface area (Å²) >= 11 is 0. The second-order valence-corrected chi connectivity index (χ2v) is 4.25. The minimum atomic E-state index is -1.38. The van der Waals surface area contributed by atoms with Crippen molar-refractivity contribution in [3.8, 4) is 0 Å². The molecule has 2 aromatic rings. The summed E-state index contributed by atoms with van der Waals surface area (Å²) < 4.78 is 19.7. The molecule has 0 saturated carbocycles. The maximum Gasteiger partial charge on any atom is 0.303 e. The van der Waals surface area contributed by atoms with Crippen molar-refractivity contribution < 1.29 is 13.9 Å². The van der Waals surface area contributed by atoms with Gasteiger partial charge in [-0.15, -0.1) is 0 Å². The predicted molar refractivity (Wildman–Crippen MR) is 71.2 cm³/mol. The Hall–Kier alpha value is -2.16. The summed E-state index contributed by atoms with van der Waals surface area (Å²) in [7, 11) is 0. The molecule has 0 amide bonds. The van der Waals surface area contributed by atoms with E-state index in [1.54, 1.807) is 48.5 Å². The Labute approximate surface area is 111 Å². The number of halogens is 1. The van der Waals surface area contributed by atoms with Gasteiger partial charge in [-0.05, 0) is 11.1 Å². The molecule has 0 aliphatic rings. The van der Waals surface area contributed by atoms with E-state index in [9.17, 15) is 9.18 Å². The van der Waals surface area contributed by atoms with Crippen molar-refractivity contribution >= 4 is 5.97 Å². The van der Waals surface area contributed by atoms with E-state index in [0.717, 1.165) is 0 Å². The first-order valence-corrected chi connectivity index (χ1v) is 6.09. The van der Waals surface area contributed by atoms with E-state index in [-0.39, 0.29) is 0 Å². The van der Waals surface area contributed by atoms with Gasteiger partial charge in [0.25, 0.3) is 0 Å². The zero-order valence-electron chi connectivity index (χ0n) is 10.6. The Morgan fingerprint density at radius 1 is 0.947 bits per heavy atom. The maximum absolute atomic E-state index is 14.6. The summed E-state index contributed by atoms with van der Waals surface area (Å²) in [6.45, 7) is 1.29. The zero-order chi connectivity index (χ0) is 13.7. The van der Waals surface area contributed by atoms with E-state index < -0.39 is 18.2 Å². The van der Waals surface area contributed by atoms with Crippen LogP contribution < -0.4 is 0 Å². The second kappa shape index (κ2) is 6.14. The van der Waals surface area contributed by atoms with Crippen molar-refractivity contribution in [1.82, 2.24) is 0 Å². The maximum atomic E-state index is 14.6. The molecule has 0 aliphatic heterocycles. The third-order valence-electron chi connectivity index (χ3n) is 2.80. The van der Waals surface area contributed by atoms with E-state index >= 15 is 0 Å². The molecule has 0 spiro atoms. The monoisotopic (exact) mass is 258 g/mol. The van der Waals surface area contributed by atoms with Crippen molar-refractivity contribution in [2.75, 3.05) is 0 Å². The van der Waals surface area contributed by atoms with E-state index in [4.69, 9.17) is 4.74 Å². The standard InChI is InChI=1S/C16H15FO2/c1-12(18)19-16(14-10-6-3-7-11-14)15(17)13-8-4-2-5-9-13/h2-11,15-16H,1H3. The highest BCUT2D eigenvalue weighted by atomic mass is 19.1. The molecular weight excluding hydrogens is 243 g/mol. The fraction of sp³-hybridized carbons (Fsp3) is 0.188. The number of esters is 1. The van der Waals surface area contributed by atoms with E-state index in [0.29, 0.717) is 11.1 Å². The van der Waals surface area contributed by atoms with Gasteiger partial charge in [-0.3, -0.25) is 4.79 Å². The molecular formula is C16H15FO2. The van der Waals surface area contributed by atoms with Crippen LogP contribution in [0.15, 0.2) is 60.7 Å². The smallest absolute Gasteiger partial charge is 0.303 e. The lowest BCUT2D eigenvalue weighted by molar-refractivity contribution is -0.150. The van der Waals surface area contributed by atoms with Gasteiger partial charge in [0.15, 0.2) is 12.3 Å². The van der Waals surface area contributed by atoms with Gasteiger partial charge in [-0.1, -0.05) is 60.7 Å². The van der Waals surface area contributed by atoms with Gasteiger partial charge in [0.1, 0.15) is 0 Å². The first-order valence-electron chi connectivity index (χ1n) is 6.09. The molecule has 2 nitrogen and oxygen atoms in total. The van der Waals surface area contributed by atoms with Gasteiger partial charge >= 0.3 is 5.97 Å². The lowest BCUT2D eigenvalue weighted by atomic mass is 9.99. The minimum absolute atomic E-state index is 0.493. The number of carbonyl (C=O) groups excluding carboxylic acids is 1. The van der Waals surface area contributed by atoms with Crippen LogP contribution in [0, 0.1) is 0 Å². The molecule has 0 radical (unpaired) electrons. The Bertz CT molecular complexity index is 525. The Morgan fingerprint density at radius 3 is 1.89 bits per heavy atom. The highest BCUT2D eigenvalue weighted by Gasteiger charge is 2.27. The molecule has 0 aromatic heterocycles. The van der Waals surface area contributed by atoms with Crippen LogP contribution in [0.3, 0.4) is 0 Å². The molecule has 0 fully saturated rings. The number of carbonyl (C=O) groups is 1. The summed E-state index contributed by atoms with van der Waals surface area (Å²) in [5.41, 5.74) is 1.15. The number of ether oxygens (including phenoxy) is 1. The van der Waals surface area contributed by atoms with E-state index in [1.807, 2.05) is 12.1 Å². The highest BCUT2D eigenvalue weighted by molar-refractivity contribution is 5.66. The van der Waals surface area contributed by atoms with Crippen LogP contribution in [0.2, 0.25) is 0 Å². The third-order valence-corrected chi connectivity index (χ3v) is 2.80. The lowest BCUT2D eigenvalue weighted by Crippen LogP contribution is -2.14. The lowest BCUT2D eigenvalue weighted by Gasteiger charge is -2.21. The molecule has 2 unspecified atom stereocenters. The molecule has 98 valence electrons. The van der Waals surface area contributed by atoms with Gasteiger partial charge in [-0.2, -0.15) is 0 Å². The average Bonchev–Trinajstić information content (AvgIpc) is 2.46. The van der Waals surface area contributed by atoms with Crippen molar-refractivity contribution in [2.24, 2.45) is 0 Å². The number of alkyl halides is 1. The second-order valence-electron chi connectivity index (χ2n) is 4.25. The first kappa shape index (κ1) is 13.3. The van der Waals surface area contributed by atoms with Gasteiger partial charge in [0, 0.05) is 6.92 Å². The largest absolute Gasteiger partial charge is 0.454 e. The SMILES string of the molecule is CC(=O)OC(c1ccccc1)C(F)c1ccccc1. The van der Waals surface area contributed by atoms with Gasteiger partial charge < -0.3 is 4.74 Å². The van der Waals surface area contributed by atoms with Crippen LogP contribution in [0.25, 0.3) is 0 Å². The Balaban J connectivity index is 2.30. The van der Waals surface area contributed by atoms with E-state index in [2.05, 4.69) is 0 Å². The molecule has 0 bridgehead atoms. The molecule has 2 rings (SSSR count). The first-order chi connectivity index (χ1) is 9.18. The van der Waals surface area contributed by atoms with Crippen LogP contribution in [0.4, 0.5) is 4.39 Å². The number of benzene rings is 2. The van der Waals surface area contributed by atoms with Gasteiger partial charge in [-0.25, -0.2) is 4.39 Å². The topological polar surface area (TPSA) is 26.3 Å². The molecule has 0 heterocycles. The third kappa shape index (κ3) is 3.41. The summed E-state index contributed by atoms with van der Waals surface area (Å²) in [5.74, 6) is -0.493. The van der Waals surface area contributed by atoms with Gasteiger partial charge in [0.2, 0.25) is 0 Å². The fourth-order valence-corrected chi connectivity index (χ4v) is 1.93. The predicted octanol–water partition coefficient (Wildman–Crippen LogP) is 4.00. The summed E-state index contributed by atoms with van der Waals surface area (Å²) in [6, 6.07) is 17.6. The molecule has 2 atom stereocenters. The van der Waals surface area contributed by atoms with Crippen LogP contribution in [-0.4, -0.2) is 5.97 Å². The normalized spacial score (nSPS) is 13.6. The average molecular weight is 258 g/mol. The highest BCUT2D eigenvalue weighted by Crippen LogP contribution is 2.35. The minimum Gasteiger partial charge on any atom is -0.454 e. The quantitative estimate of drug-likeness (QED) is 0.775. The molecule has 0 N–H and O–H groups in total. The number of hydrogen-bond donors (Lipinski definition) is 0. The molecule has 2 aromatic carbocycles. The van der Waals surface area contributed by atoms with Crippen LogP contribution in [0.5, 0.6) is 0 Å². The van der Waals surface area contributed by atoms with Crippen molar-refractivity contribution in [3.05, 3.63) is 71.8 Å². The number of hydrogen-bond acceptors (Lipinski definition) is 2.